The number of alkyl halides is 1. The largest absolute Gasteiger partial charge is 0.309 e. The molecule has 0 saturated carbocycles. The van der Waals surface area contributed by atoms with Gasteiger partial charge in [0.1, 0.15) is 16.6 Å². The van der Waals surface area contributed by atoms with Crippen molar-refractivity contribution in [1.82, 2.24) is 10.3 Å². The zero-order valence-electron chi connectivity index (χ0n) is 9.74. The lowest BCUT2D eigenvalue weighted by Gasteiger charge is -2.10. The lowest BCUT2D eigenvalue weighted by Crippen LogP contribution is -2.35. The van der Waals surface area contributed by atoms with E-state index < -0.39 is 12.2 Å². The number of halogens is 3. The van der Waals surface area contributed by atoms with Crippen molar-refractivity contribution >= 4 is 40.1 Å². The summed E-state index contributed by atoms with van der Waals surface area (Å²) in [6.07, 6.45) is -0.721. The second-order valence-corrected chi connectivity index (χ2v) is 4.95. The molecule has 0 aliphatic carbocycles. The van der Waals surface area contributed by atoms with Gasteiger partial charge in [-0.15, -0.1) is 12.4 Å². The normalized spacial score (nSPS) is 22.4. The number of nitrogens with zero attached hydrogens (tertiary/aromatic N) is 1. The van der Waals surface area contributed by atoms with E-state index >= 15 is 0 Å². The zero-order valence-corrected chi connectivity index (χ0v) is 12.1. The number of aromatic nitrogens is 1. The van der Waals surface area contributed by atoms with Crippen LogP contribution in [-0.4, -0.2) is 29.6 Å². The maximum atomic E-state index is 12.9. The molecule has 0 aromatic carbocycles. The lowest BCUT2D eigenvalue weighted by atomic mass is 10.2. The van der Waals surface area contributed by atoms with Gasteiger partial charge in [-0.3, -0.25) is 4.79 Å². The van der Waals surface area contributed by atoms with Crippen LogP contribution >= 0.6 is 28.3 Å². The molecule has 2 atom stereocenters. The van der Waals surface area contributed by atoms with Crippen molar-refractivity contribution in [3.05, 3.63) is 22.3 Å². The van der Waals surface area contributed by atoms with Crippen LogP contribution in [0, 0.1) is 6.92 Å². The fourth-order valence-corrected chi connectivity index (χ4v) is 2.35. The Bertz CT molecular complexity index is 426. The number of rotatable bonds is 2. The molecule has 1 aromatic heterocycles. The molecule has 2 rings (SSSR count). The Morgan fingerprint density at radius 3 is 2.89 bits per heavy atom. The summed E-state index contributed by atoms with van der Waals surface area (Å²) in [7, 11) is 0. The first-order valence-electron chi connectivity index (χ1n) is 5.37. The Hall–Kier alpha value is -0.720. The Kier molecular flexibility index (Phi) is 5.49. The van der Waals surface area contributed by atoms with Crippen molar-refractivity contribution in [3.63, 3.8) is 0 Å². The van der Waals surface area contributed by atoms with Gasteiger partial charge >= 0.3 is 0 Å². The molecule has 1 aliphatic rings. The van der Waals surface area contributed by atoms with E-state index in [0.717, 1.165) is 5.56 Å². The monoisotopic (exact) mass is 337 g/mol. The molecule has 4 nitrogen and oxygen atoms in total. The van der Waals surface area contributed by atoms with E-state index in [1.165, 1.54) is 0 Å². The van der Waals surface area contributed by atoms with E-state index in [4.69, 9.17) is 0 Å². The topological polar surface area (TPSA) is 54.0 Å². The third-order valence-corrected chi connectivity index (χ3v) is 2.99. The Morgan fingerprint density at radius 2 is 2.33 bits per heavy atom. The average molecular weight is 339 g/mol. The minimum atomic E-state index is -0.942. The highest BCUT2D eigenvalue weighted by atomic mass is 79.9. The van der Waals surface area contributed by atoms with Gasteiger partial charge in [0.15, 0.2) is 0 Å². The number of pyridine rings is 1. The number of amides is 1. The van der Waals surface area contributed by atoms with Gasteiger partial charge in [0.25, 0.3) is 0 Å². The van der Waals surface area contributed by atoms with Crippen LogP contribution in [0.2, 0.25) is 0 Å². The van der Waals surface area contributed by atoms with Crippen LogP contribution in [0.5, 0.6) is 0 Å². The van der Waals surface area contributed by atoms with Crippen LogP contribution in [0.15, 0.2) is 16.7 Å². The fourth-order valence-electron chi connectivity index (χ4n) is 1.79. The molecular weight excluding hydrogens is 324 g/mol. The van der Waals surface area contributed by atoms with Gasteiger partial charge in [0.2, 0.25) is 5.91 Å². The quantitative estimate of drug-likeness (QED) is 0.813. The Morgan fingerprint density at radius 1 is 1.61 bits per heavy atom. The summed E-state index contributed by atoms with van der Waals surface area (Å²) in [5, 5.41) is 5.51. The lowest BCUT2D eigenvalue weighted by molar-refractivity contribution is -0.117. The van der Waals surface area contributed by atoms with Crippen LogP contribution in [-0.2, 0) is 4.79 Å². The standard InChI is InChI=1S/C11H13BrFN3O.ClH/c1-6-2-9(12)15-10(3-6)16-11(17)8-4-7(13)5-14-8;/h2-3,7-8,14H,4-5H2,1H3,(H,15,16,17);1H. The molecular formula is C11H14BrClFN3O. The summed E-state index contributed by atoms with van der Waals surface area (Å²) in [6.45, 7) is 2.15. The summed E-state index contributed by atoms with van der Waals surface area (Å²) in [5.74, 6) is 0.237. The van der Waals surface area contributed by atoms with Crippen molar-refractivity contribution in [1.29, 1.82) is 0 Å². The fraction of sp³-hybridized carbons (Fsp3) is 0.455. The number of hydrogen-bond acceptors (Lipinski definition) is 3. The Labute approximate surface area is 119 Å². The minimum Gasteiger partial charge on any atom is -0.309 e. The van der Waals surface area contributed by atoms with Crippen LogP contribution in [0.25, 0.3) is 0 Å². The summed E-state index contributed by atoms with van der Waals surface area (Å²) >= 11 is 3.26. The van der Waals surface area contributed by atoms with Crippen molar-refractivity contribution in [2.45, 2.75) is 25.6 Å². The van der Waals surface area contributed by atoms with Crippen molar-refractivity contribution < 1.29 is 9.18 Å². The van der Waals surface area contributed by atoms with E-state index in [2.05, 4.69) is 31.5 Å². The molecule has 2 N–H and O–H groups in total. The SMILES string of the molecule is Cc1cc(Br)nc(NC(=O)C2CC(F)CN2)c1.Cl. The van der Waals surface area contributed by atoms with E-state index in [0.29, 0.717) is 10.4 Å². The van der Waals surface area contributed by atoms with Gasteiger partial charge < -0.3 is 10.6 Å². The second kappa shape index (κ2) is 6.45. The molecule has 7 heteroatoms. The molecule has 0 bridgehead atoms. The van der Waals surface area contributed by atoms with Crippen LogP contribution in [0.3, 0.4) is 0 Å². The number of anilines is 1. The predicted molar refractivity (Wildman–Crippen MR) is 73.9 cm³/mol. The van der Waals surface area contributed by atoms with Gasteiger partial charge in [-0.05, 0) is 40.5 Å². The molecule has 2 heterocycles. The molecule has 0 radical (unpaired) electrons. The van der Waals surface area contributed by atoms with E-state index in [1.807, 2.05) is 13.0 Å². The molecule has 2 unspecified atom stereocenters. The number of carbonyl (C=O) groups excluding carboxylic acids is 1. The molecule has 1 amide bonds. The van der Waals surface area contributed by atoms with Crippen molar-refractivity contribution in [3.8, 4) is 0 Å². The summed E-state index contributed by atoms with van der Waals surface area (Å²) in [6, 6.07) is 3.15. The highest BCUT2D eigenvalue weighted by Crippen LogP contribution is 2.16. The number of carbonyl (C=O) groups is 1. The van der Waals surface area contributed by atoms with E-state index in [-0.39, 0.29) is 31.3 Å². The number of hydrogen-bond donors (Lipinski definition) is 2. The van der Waals surface area contributed by atoms with E-state index in [1.54, 1.807) is 6.07 Å². The third-order valence-electron chi connectivity index (χ3n) is 2.58. The zero-order chi connectivity index (χ0) is 12.4. The van der Waals surface area contributed by atoms with Crippen LogP contribution < -0.4 is 10.6 Å². The maximum Gasteiger partial charge on any atom is 0.242 e. The summed E-state index contributed by atoms with van der Waals surface area (Å²) in [4.78, 5) is 15.9. The van der Waals surface area contributed by atoms with Gasteiger partial charge in [-0.1, -0.05) is 0 Å². The first-order valence-corrected chi connectivity index (χ1v) is 6.16. The highest BCUT2D eigenvalue weighted by molar-refractivity contribution is 9.10. The van der Waals surface area contributed by atoms with Crippen molar-refractivity contribution in [2.24, 2.45) is 0 Å². The van der Waals surface area contributed by atoms with Gasteiger partial charge in [0, 0.05) is 13.0 Å². The highest BCUT2D eigenvalue weighted by Gasteiger charge is 2.29. The molecule has 1 aliphatic heterocycles. The molecule has 18 heavy (non-hydrogen) atoms. The van der Waals surface area contributed by atoms with Crippen molar-refractivity contribution in [2.75, 3.05) is 11.9 Å². The minimum absolute atomic E-state index is 0. The predicted octanol–water partition coefficient (Wildman–Crippen LogP) is 2.21. The first kappa shape index (κ1) is 15.3. The third kappa shape index (κ3) is 3.90. The summed E-state index contributed by atoms with van der Waals surface area (Å²) in [5.41, 5.74) is 0.991. The molecule has 1 saturated heterocycles. The summed E-state index contributed by atoms with van der Waals surface area (Å²) < 4.78 is 13.6. The van der Waals surface area contributed by atoms with E-state index in [9.17, 15) is 9.18 Å². The molecule has 100 valence electrons. The molecule has 1 fully saturated rings. The van der Waals surface area contributed by atoms with Gasteiger partial charge in [-0.25, -0.2) is 9.37 Å². The van der Waals surface area contributed by atoms with Crippen LogP contribution in [0.1, 0.15) is 12.0 Å². The van der Waals surface area contributed by atoms with Gasteiger partial charge in [-0.2, -0.15) is 0 Å². The number of aryl methyl sites for hydroxylation is 1. The van der Waals surface area contributed by atoms with Crippen LogP contribution in [0.4, 0.5) is 10.2 Å². The maximum absolute atomic E-state index is 12.9. The number of nitrogens with one attached hydrogen (secondary N) is 2. The second-order valence-electron chi connectivity index (χ2n) is 4.14. The first-order chi connectivity index (χ1) is 8.04. The Balaban J connectivity index is 0.00000162. The molecule has 1 aromatic rings. The smallest absolute Gasteiger partial charge is 0.242 e. The van der Waals surface area contributed by atoms with Gasteiger partial charge in [0.05, 0.1) is 6.04 Å². The molecule has 0 spiro atoms. The average Bonchev–Trinajstić information content (AvgIpc) is 2.63.